The average Bonchev–Trinajstić information content (AvgIpc) is 2.38. The van der Waals surface area contributed by atoms with Gasteiger partial charge in [0.15, 0.2) is 11.6 Å². The Morgan fingerprint density at radius 3 is 2.72 bits per heavy atom. The first-order chi connectivity index (χ1) is 8.52. The summed E-state index contributed by atoms with van der Waals surface area (Å²) in [5.74, 6) is -5.06. The fourth-order valence-electron chi connectivity index (χ4n) is 1.21. The first kappa shape index (κ1) is 14.0. The molecule has 0 spiro atoms. The predicted octanol–water partition coefficient (Wildman–Crippen LogP) is 0.868. The van der Waals surface area contributed by atoms with Crippen LogP contribution in [0.1, 0.15) is 15.9 Å². The lowest BCUT2D eigenvalue weighted by Crippen LogP contribution is -2.08. The van der Waals surface area contributed by atoms with Crippen molar-refractivity contribution >= 4 is 12.2 Å². The fraction of sp³-hybridized carbons (Fsp3) is 0.273. The van der Waals surface area contributed by atoms with Gasteiger partial charge in [0, 0.05) is 11.8 Å². The van der Waals surface area contributed by atoms with Gasteiger partial charge in [-0.1, -0.05) is 0 Å². The lowest BCUT2D eigenvalue weighted by Gasteiger charge is -2.06. The molecule has 0 heterocycles. The maximum Gasteiger partial charge on any atom is 0.340 e. The predicted molar refractivity (Wildman–Crippen MR) is 58.9 cm³/mol. The van der Waals surface area contributed by atoms with Crippen molar-refractivity contribution in [3.8, 4) is 5.75 Å². The number of esters is 1. The third-order valence-electron chi connectivity index (χ3n) is 2.08. The number of nitrogens with zero attached hydrogens (tertiary/aromatic N) is 1. The highest BCUT2D eigenvalue weighted by Gasteiger charge is 2.22. The van der Waals surface area contributed by atoms with E-state index in [0.717, 1.165) is 19.4 Å². The largest absolute Gasteiger partial charge is 0.504 e. The SMILES string of the molecule is COC(=O)c1cc(/C=N/CCO)c(O)c(F)c1F. The van der Waals surface area contributed by atoms with Crippen LogP contribution in [0.4, 0.5) is 8.78 Å². The number of methoxy groups -OCH3 is 1. The number of benzene rings is 1. The first-order valence-electron chi connectivity index (χ1n) is 4.92. The van der Waals surface area contributed by atoms with Gasteiger partial charge in [-0.2, -0.15) is 4.39 Å². The van der Waals surface area contributed by atoms with Gasteiger partial charge in [-0.25, -0.2) is 9.18 Å². The van der Waals surface area contributed by atoms with Crippen LogP contribution < -0.4 is 0 Å². The maximum atomic E-state index is 13.3. The molecule has 0 aliphatic rings. The summed E-state index contributed by atoms with van der Waals surface area (Å²) in [6.07, 6.45) is 1.03. The molecule has 98 valence electrons. The number of aliphatic hydroxyl groups excluding tert-OH is 1. The van der Waals surface area contributed by atoms with Crippen LogP contribution >= 0.6 is 0 Å². The monoisotopic (exact) mass is 259 g/mol. The van der Waals surface area contributed by atoms with Gasteiger partial charge in [0.1, 0.15) is 0 Å². The second kappa shape index (κ2) is 6.06. The van der Waals surface area contributed by atoms with Crippen LogP contribution in [0.3, 0.4) is 0 Å². The number of rotatable bonds is 4. The van der Waals surface area contributed by atoms with Gasteiger partial charge in [0.05, 0.1) is 25.8 Å². The van der Waals surface area contributed by atoms with Crippen LogP contribution in [-0.2, 0) is 4.74 Å². The number of carbonyl (C=O) groups excluding carboxylic acids is 1. The van der Waals surface area contributed by atoms with Gasteiger partial charge in [0.2, 0.25) is 5.82 Å². The van der Waals surface area contributed by atoms with Crippen LogP contribution in [0.25, 0.3) is 0 Å². The Balaban J connectivity index is 3.27. The third kappa shape index (κ3) is 2.80. The number of halogens is 2. The van der Waals surface area contributed by atoms with Crippen LogP contribution in [0.15, 0.2) is 11.1 Å². The summed E-state index contributed by atoms with van der Waals surface area (Å²) in [5, 5.41) is 17.8. The number of aromatic hydroxyl groups is 1. The molecule has 1 aromatic rings. The molecule has 0 amide bonds. The summed E-state index contributed by atoms with van der Waals surface area (Å²) in [6.45, 7) is -0.198. The molecule has 0 atom stereocenters. The summed E-state index contributed by atoms with van der Waals surface area (Å²) in [5.41, 5.74) is -0.819. The molecule has 0 radical (unpaired) electrons. The highest BCUT2D eigenvalue weighted by atomic mass is 19.2. The van der Waals surface area contributed by atoms with E-state index < -0.39 is 28.9 Å². The molecule has 0 unspecified atom stereocenters. The van der Waals surface area contributed by atoms with Crippen molar-refractivity contribution < 1.29 is 28.5 Å². The van der Waals surface area contributed by atoms with Gasteiger partial charge in [-0.05, 0) is 6.07 Å². The normalized spacial score (nSPS) is 10.9. The Bertz CT molecular complexity index is 488. The molecule has 0 aliphatic heterocycles. The third-order valence-corrected chi connectivity index (χ3v) is 2.08. The minimum atomic E-state index is -1.55. The molecule has 5 nitrogen and oxygen atoms in total. The number of hydrogen-bond acceptors (Lipinski definition) is 5. The number of ether oxygens (including phenoxy) is 1. The summed E-state index contributed by atoms with van der Waals surface area (Å²) in [7, 11) is 1.02. The standard InChI is InChI=1S/C11H11F2NO4/c1-18-11(17)7-4-6(5-14-2-3-15)10(16)9(13)8(7)12/h4-5,15-16H,2-3H2,1H3/b14-5+. The first-order valence-corrected chi connectivity index (χ1v) is 4.92. The number of aliphatic hydroxyl groups is 1. The zero-order chi connectivity index (χ0) is 13.7. The second-order valence-corrected chi connectivity index (χ2v) is 3.24. The minimum Gasteiger partial charge on any atom is -0.504 e. The molecule has 0 saturated carbocycles. The molecular formula is C11H11F2NO4. The summed E-state index contributed by atoms with van der Waals surface area (Å²) in [4.78, 5) is 14.8. The molecule has 0 aromatic heterocycles. The van der Waals surface area contributed by atoms with Crippen molar-refractivity contribution in [3.63, 3.8) is 0 Å². The van der Waals surface area contributed by atoms with Crippen molar-refractivity contribution in [2.24, 2.45) is 4.99 Å². The molecule has 18 heavy (non-hydrogen) atoms. The van der Waals surface area contributed by atoms with Crippen molar-refractivity contribution in [1.29, 1.82) is 0 Å². The Hall–Kier alpha value is -2.02. The molecule has 0 saturated heterocycles. The Morgan fingerprint density at radius 1 is 1.50 bits per heavy atom. The molecule has 0 fully saturated rings. The van der Waals surface area contributed by atoms with Crippen LogP contribution in [-0.4, -0.2) is 42.7 Å². The van der Waals surface area contributed by atoms with Crippen molar-refractivity contribution in [1.82, 2.24) is 0 Å². The molecule has 2 N–H and O–H groups in total. The summed E-state index contributed by atoms with van der Waals surface area (Å²) < 4.78 is 30.9. The molecule has 1 aromatic carbocycles. The molecule has 0 bridgehead atoms. The molecule has 0 aliphatic carbocycles. The average molecular weight is 259 g/mol. The van der Waals surface area contributed by atoms with Crippen LogP contribution in [0, 0.1) is 11.6 Å². The van der Waals surface area contributed by atoms with Gasteiger partial charge in [-0.3, -0.25) is 4.99 Å². The second-order valence-electron chi connectivity index (χ2n) is 3.24. The lowest BCUT2D eigenvalue weighted by atomic mass is 10.1. The van der Waals surface area contributed by atoms with E-state index in [2.05, 4.69) is 9.73 Å². The zero-order valence-electron chi connectivity index (χ0n) is 9.48. The highest BCUT2D eigenvalue weighted by molar-refractivity contribution is 5.94. The Kier molecular flexibility index (Phi) is 4.73. The van der Waals surface area contributed by atoms with E-state index in [4.69, 9.17) is 5.11 Å². The number of aliphatic imine (C=N–C) groups is 1. The smallest absolute Gasteiger partial charge is 0.340 e. The van der Waals surface area contributed by atoms with Crippen LogP contribution in [0.5, 0.6) is 5.75 Å². The van der Waals surface area contributed by atoms with E-state index in [0.29, 0.717) is 0 Å². The van der Waals surface area contributed by atoms with E-state index in [1.54, 1.807) is 0 Å². The topological polar surface area (TPSA) is 79.1 Å². The quantitative estimate of drug-likeness (QED) is 0.621. The lowest BCUT2D eigenvalue weighted by molar-refractivity contribution is 0.0594. The Labute approximate surface area is 101 Å². The van der Waals surface area contributed by atoms with Gasteiger partial charge >= 0.3 is 5.97 Å². The van der Waals surface area contributed by atoms with Crippen molar-refractivity contribution in [2.75, 3.05) is 20.3 Å². The fourth-order valence-corrected chi connectivity index (χ4v) is 1.21. The van der Waals surface area contributed by atoms with E-state index in [9.17, 15) is 18.7 Å². The molecule has 1 rings (SSSR count). The van der Waals surface area contributed by atoms with E-state index in [-0.39, 0.29) is 18.7 Å². The summed E-state index contributed by atoms with van der Waals surface area (Å²) in [6, 6.07) is 0.917. The summed E-state index contributed by atoms with van der Waals surface area (Å²) >= 11 is 0. The van der Waals surface area contributed by atoms with E-state index in [1.165, 1.54) is 0 Å². The molecule has 7 heteroatoms. The zero-order valence-corrected chi connectivity index (χ0v) is 9.48. The van der Waals surface area contributed by atoms with Gasteiger partial charge < -0.3 is 14.9 Å². The number of carbonyl (C=O) groups is 1. The van der Waals surface area contributed by atoms with Gasteiger partial charge in [0.25, 0.3) is 0 Å². The highest BCUT2D eigenvalue weighted by Crippen LogP contribution is 2.26. The van der Waals surface area contributed by atoms with E-state index in [1.807, 2.05) is 0 Å². The Morgan fingerprint density at radius 2 is 2.17 bits per heavy atom. The van der Waals surface area contributed by atoms with Crippen LogP contribution in [0.2, 0.25) is 0 Å². The number of hydrogen-bond donors (Lipinski definition) is 2. The van der Waals surface area contributed by atoms with E-state index >= 15 is 0 Å². The van der Waals surface area contributed by atoms with Crippen molar-refractivity contribution in [2.45, 2.75) is 0 Å². The minimum absolute atomic E-state index is 0.0337. The maximum absolute atomic E-state index is 13.3. The van der Waals surface area contributed by atoms with Crippen molar-refractivity contribution in [3.05, 3.63) is 28.8 Å². The number of phenolic OH excluding ortho intramolecular Hbond substituents is 1. The number of phenols is 1. The van der Waals surface area contributed by atoms with Gasteiger partial charge in [-0.15, -0.1) is 0 Å². The molecular weight excluding hydrogens is 248 g/mol.